The van der Waals surface area contributed by atoms with Gasteiger partial charge in [-0.05, 0) is 12.1 Å². The highest BCUT2D eigenvalue weighted by molar-refractivity contribution is 7.29. The van der Waals surface area contributed by atoms with Gasteiger partial charge >= 0.3 is 0 Å². The number of aryl methyl sites for hydroxylation is 2. The van der Waals surface area contributed by atoms with Crippen LogP contribution in [0.3, 0.4) is 0 Å². The summed E-state index contributed by atoms with van der Waals surface area (Å²) >= 11 is 3.29. The smallest absolute Gasteiger partial charge is 0.178 e. The SMILES string of the molecule is C[n+]1cccc(-c2nc3sc(-c4ccc[n+](C)c4)nc3s2)c1. The third kappa shape index (κ3) is 2.40. The number of hydrogen-bond donors (Lipinski definition) is 0. The minimum Gasteiger partial charge on any atom is -0.223 e. The predicted octanol–water partition coefficient (Wildman–Crippen LogP) is 2.74. The molecular weight excluding hydrogens is 312 g/mol. The van der Waals surface area contributed by atoms with Crippen LogP contribution < -0.4 is 9.13 Å². The molecule has 22 heavy (non-hydrogen) atoms. The van der Waals surface area contributed by atoms with Crippen LogP contribution in [0.2, 0.25) is 0 Å². The van der Waals surface area contributed by atoms with Gasteiger partial charge in [0.05, 0.1) is 11.1 Å². The van der Waals surface area contributed by atoms with E-state index in [1.807, 2.05) is 47.8 Å². The molecule has 0 atom stereocenters. The van der Waals surface area contributed by atoms with Gasteiger partial charge in [-0.1, -0.05) is 22.7 Å². The molecule has 0 unspecified atom stereocenters. The second-order valence-corrected chi connectivity index (χ2v) is 7.12. The minimum absolute atomic E-state index is 1.01. The Morgan fingerprint density at radius 2 is 1.23 bits per heavy atom. The van der Waals surface area contributed by atoms with Crippen LogP contribution in [0.15, 0.2) is 49.1 Å². The van der Waals surface area contributed by atoms with Crippen molar-refractivity contribution in [3.05, 3.63) is 49.1 Å². The van der Waals surface area contributed by atoms with Crippen LogP contribution >= 0.6 is 22.7 Å². The number of fused-ring (bicyclic) bond motifs is 1. The second-order valence-electron chi connectivity index (χ2n) is 5.16. The largest absolute Gasteiger partial charge is 0.223 e. The fourth-order valence-electron chi connectivity index (χ4n) is 2.32. The molecular formula is C16H14N4S2+2. The fourth-order valence-corrected chi connectivity index (χ4v) is 4.34. The van der Waals surface area contributed by atoms with Crippen molar-refractivity contribution in [2.24, 2.45) is 14.1 Å². The van der Waals surface area contributed by atoms with E-state index in [0.29, 0.717) is 0 Å². The van der Waals surface area contributed by atoms with Crippen molar-refractivity contribution in [3.8, 4) is 21.1 Å². The number of hydrogen-bond acceptors (Lipinski definition) is 4. The molecule has 4 aromatic heterocycles. The van der Waals surface area contributed by atoms with E-state index >= 15 is 0 Å². The van der Waals surface area contributed by atoms with Gasteiger partial charge in [0.2, 0.25) is 0 Å². The van der Waals surface area contributed by atoms with E-state index in [-0.39, 0.29) is 0 Å². The number of pyridine rings is 2. The maximum Gasteiger partial charge on any atom is 0.178 e. The van der Waals surface area contributed by atoms with E-state index < -0.39 is 0 Å². The van der Waals surface area contributed by atoms with Gasteiger partial charge in [-0.3, -0.25) is 0 Å². The summed E-state index contributed by atoms with van der Waals surface area (Å²) in [5.74, 6) is 0. The zero-order chi connectivity index (χ0) is 15.1. The van der Waals surface area contributed by atoms with Crippen molar-refractivity contribution in [1.82, 2.24) is 9.97 Å². The molecule has 0 saturated carbocycles. The zero-order valence-electron chi connectivity index (χ0n) is 12.2. The fraction of sp³-hybridized carbons (Fsp3) is 0.125. The van der Waals surface area contributed by atoms with Gasteiger partial charge in [-0.2, -0.15) is 0 Å². The lowest BCUT2D eigenvalue weighted by molar-refractivity contribution is -0.671. The van der Waals surface area contributed by atoms with Crippen LogP contribution in [0.25, 0.3) is 30.8 Å². The Labute approximate surface area is 136 Å². The summed E-state index contributed by atoms with van der Waals surface area (Å²) in [4.78, 5) is 11.5. The van der Waals surface area contributed by atoms with Gasteiger partial charge < -0.3 is 0 Å². The summed E-state index contributed by atoms with van der Waals surface area (Å²) in [6.45, 7) is 0. The molecule has 0 spiro atoms. The average molecular weight is 326 g/mol. The quantitative estimate of drug-likeness (QED) is 0.531. The lowest BCUT2D eigenvalue weighted by atomic mass is 10.3. The molecule has 0 amide bonds. The van der Waals surface area contributed by atoms with Gasteiger partial charge in [0, 0.05) is 12.1 Å². The summed E-state index contributed by atoms with van der Waals surface area (Å²) in [6.07, 6.45) is 8.21. The van der Waals surface area contributed by atoms with Gasteiger partial charge in [0.1, 0.15) is 24.1 Å². The van der Waals surface area contributed by atoms with Crippen molar-refractivity contribution in [1.29, 1.82) is 0 Å². The van der Waals surface area contributed by atoms with Crippen molar-refractivity contribution in [2.75, 3.05) is 0 Å². The number of nitrogens with zero attached hydrogens (tertiary/aromatic N) is 4. The first kappa shape index (κ1) is 13.5. The van der Waals surface area contributed by atoms with E-state index in [2.05, 4.69) is 24.5 Å². The topological polar surface area (TPSA) is 33.5 Å². The molecule has 0 aliphatic rings. The van der Waals surface area contributed by atoms with E-state index in [9.17, 15) is 0 Å². The Morgan fingerprint density at radius 3 is 1.64 bits per heavy atom. The first-order valence-corrected chi connectivity index (χ1v) is 8.51. The normalized spacial score (nSPS) is 11.2. The van der Waals surface area contributed by atoms with Crippen LogP contribution in [-0.4, -0.2) is 9.97 Å². The molecule has 0 fully saturated rings. The van der Waals surface area contributed by atoms with E-state index in [4.69, 9.17) is 9.97 Å². The highest BCUT2D eigenvalue weighted by Crippen LogP contribution is 2.35. The third-order valence-corrected chi connectivity index (χ3v) is 5.48. The first-order valence-electron chi connectivity index (χ1n) is 6.88. The maximum atomic E-state index is 4.75. The Bertz CT molecular complexity index is 865. The highest BCUT2D eigenvalue weighted by atomic mass is 32.1. The monoisotopic (exact) mass is 326 g/mol. The Kier molecular flexibility index (Phi) is 3.20. The molecule has 0 N–H and O–H groups in total. The molecule has 0 aromatic carbocycles. The van der Waals surface area contributed by atoms with E-state index in [0.717, 1.165) is 30.8 Å². The predicted molar refractivity (Wildman–Crippen MR) is 88.5 cm³/mol. The molecule has 0 radical (unpaired) electrons. The first-order chi connectivity index (χ1) is 10.7. The van der Waals surface area contributed by atoms with Crippen LogP contribution in [-0.2, 0) is 14.1 Å². The molecule has 0 saturated heterocycles. The van der Waals surface area contributed by atoms with Crippen LogP contribution in [0.4, 0.5) is 0 Å². The molecule has 4 aromatic rings. The zero-order valence-corrected chi connectivity index (χ0v) is 13.9. The molecule has 0 aliphatic carbocycles. The Morgan fingerprint density at radius 1 is 0.773 bits per heavy atom. The van der Waals surface area contributed by atoms with Crippen molar-refractivity contribution in [2.45, 2.75) is 0 Å². The molecule has 6 heteroatoms. The molecule has 108 valence electrons. The standard InChI is InChI=1S/C16H14N4S2/c1-19-7-3-5-11(9-19)13-17-15-16(21-13)18-14(22-15)12-6-4-8-20(2)10-12/h3-10H,1-2H3/q+2. The Hall–Kier alpha value is -2.18. The second kappa shape index (κ2) is 5.23. The number of aromatic nitrogens is 4. The van der Waals surface area contributed by atoms with Gasteiger partial charge in [0.15, 0.2) is 34.4 Å². The number of thiazole rings is 2. The molecule has 4 nitrogen and oxygen atoms in total. The van der Waals surface area contributed by atoms with Crippen molar-refractivity contribution in [3.63, 3.8) is 0 Å². The van der Waals surface area contributed by atoms with Crippen molar-refractivity contribution >= 4 is 32.3 Å². The minimum atomic E-state index is 1.01. The summed E-state index contributed by atoms with van der Waals surface area (Å²) < 4.78 is 4.07. The lowest BCUT2D eigenvalue weighted by Gasteiger charge is -1.94. The van der Waals surface area contributed by atoms with Crippen LogP contribution in [0, 0.1) is 0 Å². The van der Waals surface area contributed by atoms with Gasteiger partial charge in [-0.25, -0.2) is 19.1 Å². The maximum absolute atomic E-state index is 4.75. The van der Waals surface area contributed by atoms with Gasteiger partial charge in [0.25, 0.3) is 0 Å². The summed E-state index contributed by atoms with van der Waals surface area (Å²) in [7, 11) is 4.04. The molecule has 0 aliphatic heterocycles. The summed E-state index contributed by atoms with van der Waals surface area (Å²) in [5.41, 5.74) is 2.26. The van der Waals surface area contributed by atoms with Crippen molar-refractivity contribution < 1.29 is 9.13 Å². The van der Waals surface area contributed by atoms with Gasteiger partial charge in [-0.15, -0.1) is 0 Å². The summed E-state index contributed by atoms with van der Waals surface area (Å²) in [6, 6.07) is 8.24. The molecule has 0 bridgehead atoms. The highest BCUT2D eigenvalue weighted by Gasteiger charge is 2.15. The average Bonchev–Trinajstić information content (AvgIpc) is 3.05. The molecule has 4 rings (SSSR count). The van der Waals surface area contributed by atoms with E-state index in [1.165, 1.54) is 0 Å². The van der Waals surface area contributed by atoms with Crippen LogP contribution in [0.1, 0.15) is 0 Å². The number of rotatable bonds is 2. The Balaban J connectivity index is 1.77. The summed E-state index contributed by atoms with van der Waals surface area (Å²) in [5, 5.41) is 2.05. The lowest BCUT2D eigenvalue weighted by Crippen LogP contribution is -2.26. The molecule has 4 heterocycles. The van der Waals surface area contributed by atoms with Crippen LogP contribution in [0.5, 0.6) is 0 Å². The third-order valence-electron chi connectivity index (χ3n) is 3.35. The van der Waals surface area contributed by atoms with E-state index in [1.54, 1.807) is 22.7 Å².